The summed E-state index contributed by atoms with van der Waals surface area (Å²) in [5.41, 5.74) is 1.09. The molecule has 0 aromatic heterocycles. The van der Waals surface area contributed by atoms with Crippen LogP contribution >= 0.6 is 0 Å². The first kappa shape index (κ1) is 22.1. The molecule has 0 bridgehead atoms. The number of hydrogen-bond donors (Lipinski definition) is 1. The molecule has 8 nitrogen and oxygen atoms in total. The Balaban J connectivity index is 1.64. The second-order valence-electron chi connectivity index (χ2n) is 9.05. The number of ether oxygens (including phenoxy) is 5. The summed E-state index contributed by atoms with van der Waals surface area (Å²) in [6, 6.07) is 9.63. The Kier molecular flexibility index (Phi) is 6.22. The minimum atomic E-state index is -0.815. The summed E-state index contributed by atoms with van der Waals surface area (Å²) >= 11 is 0. The van der Waals surface area contributed by atoms with Gasteiger partial charge in [0.2, 0.25) is 0 Å². The molecular weight excluding hydrogens is 390 g/mol. The molecule has 168 valence electrons. The lowest BCUT2D eigenvalue weighted by atomic mass is 9.92. The summed E-state index contributed by atoms with van der Waals surface area (Å²) in [7, 11) is 1.60. The van der Waals surface area contributed by atoms with E-state index in [0.29, 0.717) is 13.2 Å². The highest BCUT2D eigenvalue weighted by molar-refractivity contribution is 5.15. The topological polar surface area (TPSA) is 78.9 Å². The Morgan fingerprint density at radius 1 is 1.00 bits per heavy atom. The summed E-state index contributed by atoms with van der Waals surface area (Å²) in [5.74, 6) is -1.50. The molecule has 0 amide bonds. The number of nitrogens with zero attached hydrogens (tertiary/aromatic N) is 1. The van der Waals surface area contributed by atoms with E-state index in [1.807, 2.05) is 63.1 Å². The summed E-state index contributed by atoms with van der Waals surface area (Å²) < 4.78 is 30.3. The maximum Gasteiger partial charge on any atom is 0.163 e. The second-order valence-corrected chi connectivity index (χ2v) is 9.05. The van der Waals surface area contributed by atoms with Crippen molar-refractivity contribution in [3.05, 3.63) is 35.9 Å². The number of hydrogen-bond acceptors (Lipinski definition) is 8. The Morgan fingerprint density at radius 3 is 2.33 bits per heavy atom. The zero-order chi connectivity index (χ0) is 21.5. The standard InChI is InChI=1S/C22H33NO7/c1-21(2)26-13-16(28-21)19-20(30-22(3,4)29-19)17-18(25-5)15(24)12-27-23(17)11-14-9-7-6-8-10-14/h6-10,15-20,24H,11-13H2,1-5H3/t15-,16-,17-,18+,19-,20-/m1/s1. The van der Waals surface area contributed by atoms with Crippen LogP contribution in [0.25, 0.3) is 0 Å². The van der Waals surface area contributed by atoms with Gasteiger partial charge in [-0.1, -0.05) is 30.3 Å². The molecule has 0 radical (unpaired) electrons. The van der Waals surface area contributed by atoms with Gasteiger partial charge in [0.1, 0.15) is 30.5 Å². The predicted octanol–water partition coefficient (Wildman–Crippen LogP) is 1.85. The zero-order valence-electron chi connectivity index (χ0n) is 18.3. The third-order valence-corrected chi connectivity index (χ3v) is 5.81. The van der Waals surface area contributed by atoms with Gasteiger partial charge in [0.25, 0.3) is 0 Å². The van der Waals surface area contributed by atoms with Crippen molar-refractivity contribution in [2.45, 2.75) is 82.4 Å². The fourth-order valence-electron chi connectivity index (χ4n) is 4.55. The van der Waals surface area contributed by atoms with E-state index < -0.39 is 42.0 Å². The second kappa shape index (κ2) is 8.44. The van der Waals surface area contributed by atoms with Gasteiger partial charge in [-0.3, -0.25) is 4.84 Å². The molecule has 1 N–H and O–H groups in total. The van der Waals surface area contributed by atoms with Crippen molar-refractivity contribution in [2.24, 2.45) is 0 Å². The van der Waals surface area contributed by atoms with Gasteiger partial charge < -0.3 is 28.8 Å². The number of rotatable bonds is 5. The highest BCUT2D eigenvalue weighted by Gasteiger charge is 2.57. The van der Waals surface area contributed by atoms with E-state index in [2.05, 4.69) is 0 Å². The maximum atomic E-state index is 10.6. The normalized spacial score (nSPS) is 38.7. The lowest BCUT2D eigenvalue weighted by Crippen LogP contribution is -2.63. The third-order valence-electron chi connectivity index (χ3n) is 5.81. The van der Waals surface area contributed by atoms with E-state index >= 15 is 0 Å². The van der Waals surface area contributed by atoms with E-state index in [1.54, 1.807) is 7.11 Å². The minimum Gasteiger partial charge on any atom is -0.388 e. The SMILES string of the molecule is CO[C@@H]1[C@H]([C@H]2OC(C)(C)O[C@@H]2[C@H]2COC(C)(C)O2)N(Cc2ccccc2)OC[C@H]1O. The van der Waals surface area contributed by atoms with Crippen LogP contribution in [0.5, 0.6) is 0 Å². The first-order valence-electron chi connectivity index (χ1n) is 10.5. The summed E-state index contributed by atoms with van der Waals surface area (Å²) in [4.78, 5) is 5.97. The van der Waals surface area contributed by atoms with Crippen LogP contribution in [-0.2, 0) is 35.1 Å². The molecular formula is C22H33NO7. The van der Waals surface area contributed by atoms with E-state index in [4.69, 9.17) is 28.5 Å². The number of aliphatic hydroxyl groups is 1. The maximum absolute atomic E-state index is 10.6. The number of methoxy groups -OCH3 is 1. The molecule has 3 aliphatic rings. The van der Waals surface area contributed by atoms with Crippen molar-refractivity contribution in [1.82, 2.24) is 5.06 Å². The molecule has 8 heteroatoms. The van der Waals surface area contributed by atoms with Gasteiger partial charge in [0, 0.05) is 13.7 Å². The van der Waals surface area contributed by atoms with Crippen molar-refractivity contribution in [2.75, 3.05) is 20.3 Å². The van der Waals surface area contributed by atoms with Crippen molar-refractivity contribution in [1.29, 1.82) is 0 Å². The van der Waals surface area contributed by atoms with E-state index in [1.165, 1.54) is 0 Å². The minimum absolute atomic E-state index is 0.152. The molecule has 3 fully saturated rings. The monoisotopic (exact) mass is 423 g/mol. The Labute approximate surface area is 177 Å². The molecule has 1 aromatic carbocycles. The van der Waals surface area contributed by atoms with Crippen LogP contribution < -0.4 is 0 Å². The highest BCUT2D eigenvalue weighted by atomic mass is 16.8. The largest absolute Gasteiger partial charge is 0.388 e. The van der Waals surface area contributed by atoms with Crippen LogP contribution in [0.1, 0.15) is 33.3 Å². The van der Waals surface area contributed by atoms with Crippen molar-refractivity contribution < 1.29 is 33.6 Å². The predicted molar refractivity (Wildman–Crippen MR) is 107 cm³/mol. The first-order valence-corrected chi connectivity index (χ1v) is 10.5. The molecule has 3 heterocycles. The molecule has 1 aromatic rings. The van der Waals surface area contributed by atoms with Gasteiger partial charge in [-0.2, -0.15) is 5.06 Å². The van der Waals surface area contributed by atoms with Gasteiger partial charge in [0.05, 0.1) is 19.3 Å². The van der Waals surface area contributed by atoms with Crippen molar-refractivity contribution in [3.8, 4) is 0 Å². The third kappa shape index (κ3) is 4.56. The molecule has 4 rings (SSSR count). The molecule has 3 aliphatic heterocycles. The summed E-state index contributed by atoms with van der Waals surface area (Å²) in [6.45, 7) is 8.61. The van der Waals surface area contributed by atoms with E-state index in [0.717, 1.165) is 5.56 Å². The molecule has 0 unspecified atom stereocenters. The summed E-state index contributed by atoms with van der Waals surface area (Å²) in [5, 5.41) is 12.5. The Morgan fingerprint density at radius 2 is 1.70 bits per heavy atom. The number of hydroxylamine groups is 2. The van der Waals surface area contributed by atoms with Crippen molar-refractivity contribution >= 4 is 0 Å². The van der Waals surface area contributed by atoms with Gasteiger partial charge >= 0.3 is 0 Å². The molecule has 6 atom stereocenters. The Hall–Kier alpha value is -1.10. The molecule has 0 saturated carbocycles. The summed E-state index contributed by atoms with van der Waals surface area (Å²) in [6.07, 6.45) is -2.45. The fourth-order valence-corrected chi connectivity index (χ4v) is 4.55. The van der Waals surface area contributed by atoms with E-state index in [-0.39, 0.29) is 12.7 Å². The lowest BCUT2D eigenvalue weighted by Gasteiger charge is -2.45. The zero-order valence-corrected chi connectivity index (χ0v) is 18.3. The smallest absolute Gasteiger partial charge is 0.163 e. The van der Waals surface area contributed by atoms with Gasteiger partial charge in [-0.15, -0.1) is 0 Å². The van der Waals surface area contributed by atoms with Gasteiger partial charge in [-0.25, -0.2) is 0 Å². The quantitative estimate of drug-likeness (QED) is 0.769. The Bertz CT molecular complexity index is 713. The van der Waals surface area contributed by atoms with Crippen molar-refractivity contribution in [3.63, 3.8) is 0 Å². The highest BCUT2D eigenvalue weighted by Crippen LogP contribution is 2.40. The van der Waals surface area contributed by atoms with Crippen LogP contribution in [-0.4, -0.2) is 78.6 Å². The van der Waals surface area contributed by atoms with Gasteiger partial charge in [0.15, 0.2) is 11.6 Å². The molecule has 0 spiro atoms. The lowest BCUT2D eigenvalue weighted by molar-refractivity contribution is -0.302. The number of aliphatic hydroxyl groups excluding tert-OH is 1. The van der Waals surface area contributed by atoms with Crippen LogP contribution in [0.4, 0.5) is 0 Å². The van der Waals surface area contributed by atoms with E-state index in [9.17, 15) is 5.11 Å². The fraction of sp³-hybridized carbons (Fsp3) is 0.727. The molecule has 30 heavy (non-hydrogen) atoms. The average Bonchev–Trinajstić information content (AvgIpc) is 3.21. The van der Waals surface area contributed by atoms with Gasteiger partial charge in [-0.05, 0) is 33.3 Å². The molecule has 0 aliphatic carbocycles. The molecule has 3 saturated heterocycles. The average molecular weight is 424 g/mol. The van der Waals surface area contributed by atoms with Crippen LogP contribution in [0.2, 0.25) is 0 Å². The van der Waals surface area contributed by atoms with Crippen LogP contribution in [0, 0.1) is 0 Å². The van der Waals surface area contributed by atoms with Crippen LogP contribution in [0.3, 0.4) is 0 Å². The first-order chi connectivity index (χ1) is 14.2. The van der Waals surface area contributed by atoms with Crippen LogP contribution in [0.15, 0.2) is 30.3 Å². The number of benzene rings is 1.